The molecule has 1 amide bonds. The first kappa shape index (κ1) is 12.5. The molecule has 1 aliphatic rings. The molecule has 0 bridgehead atoms. The molecule has 0 aromatic carbocycles. The second kappa shape index (κ2) is 5.58. The van der Waals surface area contributed by atoms with Crippen molar-refractivity contribution in [2.45, 2.75) is 18.9 Å². The van der Waals surface area contributed by atoms with E-state index in [-0.39, 0.29) is 18.6 Å². The van der Waals surface area contributed by atoms with Gasteiger partial charge in [0.1, 0.15) is 6.61 Å². The fraction of sp³-hybridized carbons (Fsp3) is 0.600. The fourth-order valence-corrected chi connectivity index (χ4v) is 1.88. The van der Waals surface area contributed by atoms with Crippen molar-refractivity contribution in [1.29, 1.82) is 0 Å². The largest absolute Gasteiger partial charge is 0.480 e. The first-order valence-corrected chi connectivity index (χ1v) is 5.65. The molecule has 2 rings (SSSR count). The summed E-state index contributed by atoms with van der Waals surface area (Å²) in [5, 5.41) is 18.2. The summed E-state index contributed by atoms with van der Waals surface area (Å²) in [5.41, 5.74) is 0.292. The summed E-state index contributed by atoms with van der Waals surface area (Å²) >= 11 is 0. The Morgan fingerprint density at radius 1 is 1.50 bits per heavy atom. The molecule has 2 N–H and O–H groups in total. The van der Waals surface area contributed by atoms with Crippen molar-refractivity contribution in [2.75, 3.05) is 19.7 Å². The van der Waals surface area contributed by atoms with Crippen molar-refractivity contribution in [2.24, 2.45) is 0 Å². The lowest BCUT2D eigenvalue weighted by molar-refractivity contribution is -0.145. The maximum absolute atomic E-state index is 11.9. The second-order valence-electron chi connectivity index (χ2n) is 4.05. The monoisotopic (exact) mass is 254 g/mol. The van der Waals surface area contributed by atoms with Gasteiger partial charge in [-0.05, 0) is 12.8 Å². The molecule has 18 heavy (non-hydrogen) atoms. The van der Waals surface area contributed by atoms with Gasteiger partial charge in [0.05, 0.1) is 12.3 Å². The van der Waals surface area contributed by atoms with Crippen LogP contribution in [0.25, 0.3) is 0 Å². The van der Waals surface area contributed by atoms with Gasteiger partial charge in [0, 0.05) is 13.1 Å². The van der Waals surface area contributed by atoms with Crippen LogP contribution in [0.3, 0.4) is 0 Å². The standard InChI is InChI=1S/C10H14N4O4/c15-9(16)6-18-7-1-3-14(4-2-7)10(17)8-5-11-13-12-8/h5,7H,1-4,6H2,(H,15,16)(H,11,12,13). The normalized spacial score (nSPS) is 16.8. The molecule has 0 saturated carbocycles. The third-order valence-corrected chi connectivity index (χ3v) is 2.81. The Morgan fingerprint density at radius 2 is 2.22 bits per heavy atom. The van der Waals surface area contributed by atoms with Crippen molar-refractivity contribution in [3.63, 3.8) is 0 Å². The quantitative estimate of drug-likeness (QED) is 0.750. The van der Waals surface area contributed by atoms with Crippen LogP contribution in [0.5, 0.6) is 0 Å². The number of ether oxygens (including phenoxy) is 1. The molecule has 98 valence electrons. The predicted molar refractivity (Wildman–Crippen MR) is 58.9 cm³/mol. The highest BCUT2D eigenvalue weighted by atomic mass is 16.5. The van der Waals surface area contributed by atoms with Gasteiger partial charge in [-0.1, -0.05) is 0 Å². The summed E-state index contributed by atoms with van der Waals surface area (Å²) in [4.78, 5) is 23.9. The van der Waals surface area contributed by atoms with Gasteiger partial charge in [-0.3, -0.25) is 4.79 Å². The molecule has 0 aliphatic carbocycles. The van der Waals surface area contributed by atoms with Crippen LogP contribution in [0.15, 0.2) is 6.20 Å². The number of aromatic amines is 1. The molecule has 1 aliphatic heterocycles. The van der Waals surface area contributed by atoms with E-state index < -0.39 is 5.97 Å². The lowest BCUT2D eigenvalue weighted by Gasteiger charge is -2.31. The van der Waals surface area contributed by atoms with Gasteiger partial charge in [0.25, 0.3) is 5.91 Å². The fourth-order valence-electron chi connectivity index (χ4n) is 1.88. The number of carbonyl (C=O) groups is 2. The van der Waals surface area contributed by atoms with Crippen LogP contribution in [-0.2, 0) is 9.53 Å². The third-order valence-electron chi connectivity index (χ3n) is 2.81. The van der Waals surface area contributed by atoms with Crippen molar-refractivity contribution < 1.29 is 19.4 Å². The number of aliphatic carboxylic acids is 1. The van der Waals surface area contributed by atoms with Crippen LogP contribution in [-0.4, -0.2) is 63.1 Å². The van der Waals surface area contributed by atoms with Gasteiger partial charge >= 0.3 is 5.97 Å². The third kappa shape index (κ3) is 3.04. The molecule has 0 unspecified atom stereocenters. The number of likely N-dealkylation sites (tertiary alicyclic amines) is 1. The number of nitrogens with zero attached hydrogens (tertiary/aromatic N) is 3. The molecule has 8 heteroatoms. The Bertz CT molecular complexity index is 412. The van der Waals surface area contributed by atoms with Gasteiger partial charge in [0.2, 0.25) is 0 Å². The molecular weight excluding hydrogens is 240 g/mol. The van der Waals surface area contributed by atoms with Crippen molar-refractivity contribution in [3.05, 3.63) is 11.9 Å². The number of nitrogens with one attached hydrogen (secondary N) is 1. The highest BCUT2D eigenvalue weighted by molar-refractivity contribution is 5.91. The van der Waals surface area contributed by atoms with E-state index >= 15 is 0 Å². The first-order chi connectivity index (χ1) is 8.66. The minimum Gasteiger partial charge on any atom is -0.480 e. The summed E-state index contributed by atoms with van der Waals surface area (Å²) in [7, 11) is 0. The number of H-pyrrole nitrogens is 1. The van der Waals surface area contributed by atoms with Crippen LogP contribution in [0.2, 0.25) is 0 Å². The van der Waals surface area contributed by atoms with E-state index in [0.29, 0.717) is 31.6 Å². The topological polar surface area (TPSA) is 108 Å². The molecule has 0 atom stereocenters. The van der Waals surface area contributed by atoms with E-state index in [1.165, 1.54) is 6.20 Å². The number of hydrogen-bond acceptors (Lipinski definition) is 5. The molecule has 1 fully saturated rings. The molecule has 0 radical (unpaired) electrons. The van der Waals surface area contributed by atoms with Gasteiger partial charge < -0.3 is 14.7 Å². The van der Waals surface area contributed by atoms with Crippen LogP contribution in [0, 0.1) is 0 Å². The Kier molecular flexibility index (Phi) is 3.88. The zero-order chi connectivity index (χ0) is 13.0. The number of amides is 1. The Hall–Kier alpha value is -1.96. The maximum atomic E-state index is 11.9. The minimum absolute atomic E-state index is 0.0949. The molecule has 8 nitrogen and oxygen atoms in total. The molecule has 1 aromatic heterocycles. The molecule has 1 saturated heterocycles. The summed E-state index contributed by atoms with van der Waals surface area (Å²) in [6.45, 7) is 0.786. The van der Waals surface area contributed by atoms with Crippen molar-refractivity contribution in [1.82, 2.24) is 20.3 Å². The van der Waals surface area contributed by atoms with Crippen molar-refractivity contribution in [3.8, 4) is 0 Å². The molecule has 0 spiro atoms. The Labute approximate surface area is 103 Å². The van der Waals surface area contributed by atoms with E-state index in [2.05, 4.69) is 15.4 Å². The second-order valence-corrected chi connectivity index (χ2v) is 4.05. The highest BCUT2D eigenvalue weighted by Gasteiger charge is 2.25. The minimum atomic E-state index is -0.976. The van der Waals surface area contributed by atoms with E-state index in [1.54, 1.807) is 4.90 Å². The van der Waals surface area contributed by atoms with Crippen LogP contribution >= 0.6 is 0 Å². The maximum Gasteiger partial charge on any atom is 0.329 e. The number of rotatable bonds is 4. The van der Waals surface area contributed by atoms with Crippen LogP contribution < -0.4 is 0 Å². The van der Waals surface area contributed by atoms with E-state index in [9.17, 15) is 9.59 Å². The highest BCUT2D eigenvalue weighted by Crippen LogP contribution is 2.15. The summed E-state index contributed by atoms with van der Waals surface area (Å²) in [6.07, 6.45) is 2.56. The number of carboxylic acids is 1. The SMILES string of the molecule is O=C(O)COC1CCN(C(=O)c2cn[nH]n2)CC1. The molecular formula is C10H14N4O4. The van der Waals surface area contributed by atoms with Gasteiger partial charge in [-0.25, -0.2) is 4.79 Å². The first-order valence-electron chi connectivity index (χ1n) is 5.65. The molecule has 2 heterocycles. The number of hydrogen-bond donors (Lipinski definition) is 2. The van der Waals surface area contributed by atoms with Crippen molar-refractivity contribution >= 4 is 11.9 Å². The van der Waals surface area contributed by atoms with Gasteiger partial charge in [0.15, 0.2) is 5.69 Å². The van der Waals surface area contributed by atoms with Gasteiger partial charge in [-0.15, -0.1) is 0 Å². The van der Waals surface area contributed by atoms with E-state index in [1.807, 2.05) is 0 Å². The Balaban J connectivity index is 1.80. The summed E-state index contributed by atoms with van der Waals surface area (Å²) in [5.74, 6) is -1.14. The average molecular weight is 254 g/mol. The zero-order valence-electron chi connectivity index (χ0n) is 9.70. The lowest BCUT2D eigenvalue weighted by atomic mass is 10.1. The van der Waals surface area contributed by atoms with Crippen LogP contribution in [0.4, 0.5) is 0 Å². The number of aromatic nitrogens is 3. The molecule has 1 aromatic rings. The van der Waals surface area contributed by atoms with E-state index in [0.717, 1.165) is 0 Å². The summed E-state index contributed by atoms with van der Waals surface area (Å²) in [6, 6.07) is 0. The lowest BCUT2D eigenvalue weighted by Crippen LogP contribution is -2.41. The number of carboxylic acid groups (broad SMARTS) is 1. The number of piperidine rings is 1. The van der Waals surface area contributed by atoms with Gasteiger partial charge in [-0.2, -0.15) is 15.4 Å². The zero-order valence-corrected chi connectivity index (χ0v) is 9.70. The van der Waals surface area contributed by atoms with E-state index in [4.69, 9.17) is 9.84 Å². The number of carbonyl (C=O) groups excluding carboxylic acids is 1. The smallest absolute Gasteiger partial charge is 0.329 e. The average Bonchev–Trinajstić information content (AvgIpc) is 2.90. The summed E-state index contributed by atoms with van der Waals surface area (Å²) < 4.78 is 5.19. The van der Waals surface area contributed by atoms with Crippen LogP contribution in [0.1, 0.15) is 23.3 Å². The predicted octanol–water partition coefficient (Wildman–Crippen LogP) is -0.490. The Morgan fingerprint density at radius 3 is 2.78 bits per heavy atom.